The zero-order valence-corrected chi connectivity index (χ0v) is 25.7. The number of aromatic nitrogens is 2. The number of likely N-dealkylation sites (tertiary alicyclic amines) is 1. The number of methoxy groups -OCH3 is 1. The number of imidazole rings is 1. The van der Waals surface area contributed by atoms with Crippen LogP contribution in [-0.4, -0.2) is 71.1 Å². The van der Waals surface area contributed by atoms with E-state index in [1.54, 1.807) is 12.1 Å². The van der Waals surface area contributed by atoms with Crippen molar-refractivity contribution < 1.29 is 14.3 Å². The number of carbonyl (C=O) groups excluding carboxylic acids is 2. The molecule has 1 aliphatic rings. The Hall–Kier alpha value is -3.19. The fraction of sp³-hybridized carbons (Fsp3) is 0.559. The van der Waals surface area contributed by atoms with Crippen molar-refractivity contribution in [2.24, 2.45) is 11.8 Å². The highest BCUT2D eigenvalue weighted by Gasteiger charge is 2.20. The van der Waals surface area contributed by atoms with Gasteiger partial charge in [0.05, 0.1) is 23.7 Å². The summed E-state index contributed by atoms with van der Waals surface area (Å²) >= 11 is 0. The third kappa shape index (κ3) is 8.19. The van der Waals surface area contributed by atoms with Gasteiger partial charge < -0.3 is 19.1 Å². The number of rotatable bonds is 13. The lowest BCUT2D eigenvalue weighted by molar-refractivity contribution is 0.0600. The van der Waals surface area contributed by atoms with Gasteiger partial charge in [-0.05, 0) is 93.9 Å². The Morgan fingerprint density at radius 2 is 1.51 bits per heavy atom. The van der Waals surface area contributed by atoms with Crippen LogP contribution in [0, 0.1) is 11.8 Å². The topological polar surface area (TPSA) is 67.7 Å². The number of esters is 1. The van der Waals surface area contributed by atoms with Crippen molar-refractivity contribution in [3.05, 3.63) is 53.6 Å². The molecular formula is C34H48N4O3. The highest BCUT2D eigenvalue weighted by molar-refractivity contribution is 5.98. The van der Waals surface area contributed by atoms with Crippen molar-refractivity contribution >= 4 is 22.9 Å². The molecule has 4 rings (SSSR count). The fourth-order valence-corrected chi connectivity index (χ4v) is 5.54. The number of fused-ring (bicyclic) bond motifs is 1. The van der Waals surface area contributed by atoms with Gasteiger partial charge >= 0.3 is 5.97 Å². The normalized spacial score (nSPS) is 14.2. The number of aryl methyl sites for hydroxylation is 1. The van der Waals surface area contributed by atoms with Crippen LogP contribution in [-0.2, 0) is 11.3 Å². The summed E-state index contributed by atoms with van der Waals surface area (Å²) in [7, 11) is 1.39. The van der Waals surface area contributed by atoms with Crippen LogP contribution in [0.15, 0.2) is 42.5 Å². The maximum Gasteiger partial charge on any atom is 0.337 e. The molecular weight excluding hydrogens is 512 g/mol. The second-order valence-corrected chi connectivity index (χ2v) is 12.3. The SMILES string of the molecule is COC(=O)c1ccc(-c2nc3ccc(C(=O)N(CCC(C)C)CCC(C)C)cc3n2CCCN2CCCCC2)cc1. The van der Waals surface area contributed by atoms with Gasteiger partial charge in [0.15, 0.2) is 0 Å². The van der Waals surface area contributed by atoms with Crippen molar-refractivity contribution in [2.45, 2.75) is 72.8 Å². The van der Waals surface area contributed by atoms with E-state index < -0.39 is 0 Å². The summed E-state index contributed by atoms with van der Waals surface area (Å²) in [5.41, 5.74) is 4.03. The third-order valence-corrected chi connectivity index (χ3v) is 8.10. The summed E-state index contributed by atoms with van der Waals surface area (Å²) < 4.78 is 7.14. The van der Waals surface area contributed by atoms with Crippen molar-refractivity contribution in [1.82, 2.24) is 19.4 Å². The number of hydrogen-bond acceptors (Lipinski definition) is 5. The summed E-state index contributed by atoms with van der Waals surface area (Å²) in [5.74, 6) is 1.69. The Kier molecular flexibility index (Phi) is 11.0. The van der Waals surface area contributed by atoms with Crippen LogP contribution in [0.3, 0.4) is 0 Å². The molecule has 0 unspecified atom stereocenters. The number of nitrogens with zero attached hydrogens (tertiary/aromatic N) is 4. The van der Waals surface area contributed by atoms with E-state index in [9.17, 15) is 9.59 Å². The van der Waals surface area contributed by atoms with E-state index >= 15 is 0 Å². The molecule has 0 spiro atoms. The van der Waals surface area contributed by atoms with Crippen LogP contribution in [0.25, 0.3) is 22.4 Å². The molecule has 1 aromatic heterocycles. The number of carbonyl (C=O) groups is 2. The first-order chi connectivity index (χ1) is 19.8. The van der Waals surface area contributed by atoms with Crippen LogP contribution >= 0.6 is 0 Å². The van der Waals surface area contributed by atoms with Crippen LogP contribution in [0.1, 0.15) is 86.9 Å². The van der Waals surface area contributed by atoms with Gasteiger partial charge in [0.2, 0.25) is 0 Å². The minimum Gasteiger partial charge on any atom is -0.465 e. The summed E-state index contributed by atoms with van der Waals surface area (Å²) in [6.45, 7) is 14.6. The Morgan fingerprint density at radius 1 is 0.878 bits per heavy atom. The Bertz CT molecular complexity index is 1280. The molecule has 7 heteroatoms. The highest BCUT2D eigenvalue weighted by Crippen LogP contribution is 2.27. The summed E-state index contributed by atoms with van der Waals surface area (Å²) in [6.07, 6.45) is 6.88. The summed E-state index contributed by atoms with van der Waals surface area (Å²) in [6, 6.07) is 13.4. The fourth-order valence-electron chi connectivity index (χ4n) is 5.54. The summed E-state index contributed by atoms with van der Waals surface area (Å²) in [5, 5.41) is 0. The van der Waals surface area contributed by atoms with Gasteiger partial charge in [-0.15, -0.1) is 0 Å². The standard InChI is InChI=1S/C34H48N4O3/c1-25(2)16-22-37(23-17-26(3)4)33(39)29-14-15-30-31(24-29)38(21-9-20-36-18-7-6-8-19-36)32(35-30)27-10-12-28(13-11-27)34(40)41-5/h10-15,24-26H,6-9,16-23H2,1-5H3. The van der Waals surface area contributed by atoms with Crippen molar-refractivity contribution in [1.29, 1.82) is 0 Å². The third-order valence-electron chi connectivity index (χ3n) is 8.10. The second kappa shape index (κ2) is 14.6. The van der Waals surface area contributed by atoms with Gasteiger partial charge in [-0.2, -0.15) is 0 Å². The molecule has 0 bridgehead atoms. The number of amides is 1. The molecule has 0 atom stereocenters. The maximum atomic E-state index is 13.8. The largest absolute Gasteiger partial charge is 0.465 e. The number of hydrogen-bond donors (Lipinski definition) is 0. The Labute approximate surface area is 245 Å². The predicted octanol–water partition coefficient (Wildman–Crippen LogP) is 6.90. The molecule has 0 saturated carbocycles. The molecule has 3 aromatic rings. The predicted molar refractivity (Wildman–Crippen MR) is 166 cm³/mol. The lowest BCUT2D eigenvalue weighted by atomic mass is 10.1. The first-order valence-corrected chi connectivity index (χ1v) is 15.5. The van der Waals surface area contributed by atoms with E-state index in [1.165, 1.54) is 39.5 Å². The molecule has 2 heterocycles. The van der Waals surface area contributed by atoms with Gasteiger partial charge in [-0.25, -0.2) is 9.78 Å². The van der Waals surface area contributed by atoms with E-state index in [0.717, 1.165) is 73.4 Å². The van der Waals surface area contributed by atoms with E-state index in [1.807, 2.05) is 35.2 Å². The molecule has 1 amide bonds. The Balaban J connectivity index is 1.66. The molecule has 41 heavy (non-hydrogen) atoms. The lowest BCUT2D eigenvalue weighted by Crippen LogP contribution is -2.34. The summed E-state index contributed by atoms with van der Waals surface area (Å²) in [4.78, 5) is 35.4. The average molecular weight is 561 g/mol. The molecule has 0 aliphatic carbocycles. The lowest BCUT2D eigenvalue weighted by Gasteiger charge is -2.26. The van der Waals surface area contributed by atoms with E-state index in [0.29, 0.717) is 17.4 Å². The molecule has 1 aliphatic heterocycles. The minimum atomic E-state index is -0.353. The first kappa shape index (κ1) is 30.8. The van der Waals surface area contributed by atoms with E-state index in [4.69, 9.17) is 9.72 Å². The van der Waals surface area contributed by atoms with Gasteiger partial charge in [0.25, 0.3) is 5.91 Å². The molecule has 222 valence electrons. The smallest absolute Gasteiger partial charge is 0.337 e. The molecule has 2 aromatic carbocycles. The van der Waals surface area contributed by atoms with Gasteiger partial charge in [-0.3, -0.25) is 4.79 Å². The quantitative estimate of drug-likeness (QED) is 0.213. The van der Waals surface area contributed by atoms with Gasteiger partial charge in [0.1, 0.15) is 5.82 Å². The van der Waals surface area contributed by atoms with Crippen molar-refractivity contribution in [2.75, 3.05) is 39.8 Å². The molecule has 0 N–H and O–H groups in total. The monoisotopic (exact) mass is 560 g/mol. The number of benzene rings is 2. The zero-order valence-electron chi connectivity index (χ0n) is 25.7. The van der Waals surface area contributed by atoms with Gasteiger partial charge in [-0.1, -0.05) is 46.2 Å². The van der Waals surface area contributed by atoms with Crippen molar-refractivity contribution in [3.8, 4) is 11.4 Å². The molecule has 1 saturated heterocycles. The van der Waals surface area contributed by atoms with Gasteiger partial charge in [0, 0.05) is 30.8 Å². The van der Waals surface area contributed by atoms with Crippen LogP contribution in [0.2, 0.25) is 0 Å². The van der Waals surface area contributed by atoms with Crippen LogP contribution in [0.5, 0.6) is 0 Å². The zero-order chi connectivity index (χ0) is 29.4. The van der Waals surface area contributed by atoms with Crippen LogP contribution < -0.4 is 0 Å². The molecule has 1 fully saturated rings. The number of piperidine rings is 1. The second-order valence-electron chi connectivity index (χ2n) is 12.3. The highest BCUT2D eigenvalue weighted by atomic mass is 16.5. The maximum absolute atomic E-state index is 13.8. The first-order valence-electron chi connectivity index (χ1n) is 15.5. The minimum absolute atomic E-state index is 0.0956. The molecule has 0 radical (unpaired) electrons. The van der Waals surface area contributed by atoms with Crippen molar-refractivity contribution in [3.63, 3.8) is 0 Å². The Morgan fingerprint density at radius 3 is 2.12 bits per heavy atom. The van der Waals surface area contributed by atoms with Crippen LogP contribution in [0.4, 0.5) is 0 Å². The molecule has 7 nitrogen and oxygen atoms in total. The van der Waals surface area contributed by atoms with E-state index in [-0.39, 0.29) is 11.9 Å². The number of ether oxygens (including phenoxy) is 1. The average Bonchev–Trinajstić information content (AvgIpc) is 3.34. The van der Waals surface area contributed by atoms with E-state index in [2.05, 4.69) is 37.2 Å².